The molecule has 0 unspecified atom stereocenters. The summed E-state index contributed by atoms with van der Waals surface area (Å²) in [6, 6.07) is 4.76. The topological polar surface area (TPSA) is 110 Å². The van der Waals surface area contributed by atoms with Crippen LogP contribution in [0.2, 0.25) is 0 Å². The number of aliphatic carboxylic acids is 1. The molecule has 0 saturated heterocycles. The molecule has 1 rings (SSSR count). The minimum Gasteiger partial charge on any atom is -0.480 e. The molecule has 0 spiro atoms. The molecule has 1 aromatic carbocycles. The highest BCUT2D eigenvalue weighted by atomic mass is 32.2. The van der Waals surface area contributed by atoms with Crippen molar-refractivity contribution in [3.8, 4) is 0 Å². The van der Waals surface area contributed by atoms with E-state index >= 15 is 0 Å². The van der Waals surface area contributed by atoms with Crippen molar-refractivity contribution >= 4 is 22.0 Å². The first-order valence-electron chi connectivity index (χ1n) is 7.15. The maximum absolute atomic E-state index is 12.1. The standard InChI is InChI=1S/C15H21NO6S/c1-4-22-15(19)12-7-5-11(6-8-12)9-23(20,21)16-13(10(2)3)14(17)18/h5-8,10,13,16H,4,9H2,1-3H3,(H,17,18)/t13-/m0/s1. The molecule has 23 heavy (non-hydrogen) atoms. The van der Waals surface area contributed by atoms with Gasteiger partial charge in [0.05, 0.1) is 17.9 Å². The Bertz CT molecular complexity index is 651. The van der Waals surface area contributed by atoms with Gasteiger partial charge in [-0.15, -0.1) is 0 Å². The summed E-state index contributed by atoms with van der Waals surface area (Å²) in [6.07, 6.45) is 0. The first-order valence-corrected chi connectivity index (χ1v) is 8.80. The molecular formula is C15H21NO6S. The van der Waals surface area contributed by atoms with Gasteiger partial charge in [-0.25, -0.2) is 17.9 Å². The van der Waals surface area contributed by atoms with Crippen LogP contribution in [-0.2, 0) is 25.3 Å². The van der Waals surface area contributed by atoms with Crippen molar-refractivity contribution < 1.29 is 27.9 Å². The second kappa shape index (κ2) is 8.07. The Hall–Kier alpha value is -1.93. The molecule has 0 fully saturated rings. The van der Waals surface area contributed by atoms with E-state index in [1.807, 2.05) is 0 Å². The van der Waals surface area contributed by atoms with Crippen LogP contribution in [0.25, 0.3) is 0 Å². The van der Waals surface area contributed by atoms with Gasteiger partial charge in [0.2, 0.25) is 10.0 Å². The fourth-order valence-electron chi connectivity index (χ4n) is 1.88. The van der Waals surface area contributed by atoms with Gasteiger partial charge >= 0.3 is 11.9 Å². The highest BCUT2D eigenvalue weighted by Crippen LogP contribution is 2.11. The van der Waals surface area contributed by atoms with E-state index in [1.165, 1.54) is 24.3 Å². The first kappa shape index (κ1) is 19.1. The molecule has 128 valence electrons. The van der Waals surface area contributed by atoms with E-state index in [2.05, 4.69) is 4.72 Å². The van der Waals surface area contributed by atoms with Crippen LogP contribution in [-0.4, -0.2) is 38.1 Å². The van der Waals surface area contributed by atoms with Gasteiger partial charge in [0.25, 0.3) is 0 Å². The van der Waals surface area contributed by atoms with E-state index < -0.39 is 28.0 Å². The lowest BCUT2D eigenvalue weighted by atomic mass is 10.1. The Morgan fingerprint density at radius 1 is 1.22 bits per heavy atom. The summed E-state index contributed by atoms with van der Waals surface area (Å²) in [5.41, 5.74) is 0.769. The number of carboxylic acids is 1. The number of rotatable bonds is 8. The average Bonchev–Trinajstić information content (AvgIpc) is 2.45. The van der Waals surface area contributed by atoms with Crippen LogP contribution in [0, 0.1) is 5.92 Å². The molecule has 0 bridgehead atoms. The van der Waals surface area contributed by atoms with E-state index in [1.54, 1.807) is 20.8 Å². The fraction of sp³-hybridized carbons (Fsp3) is 0.467. The van der Waals surface area contributed by atoms with E-state index in [0.29, 0.717) is 11.1 Å². The van der Waals surface area contributed by atoms with Gasteiger partial charge in [-0.3, -0.25) is 4.79 Å². The summed E-state index contributed by atoms with van der Waals surface area (Å²) in [6.45, 7) is 5.19. The monoisotopic (exact) mass is 343 g/mol. The number of esters is 1. The molecular weight excluding hydrogens is 322 g/mol. The number of hydrogen-bond acceptors (Lipinski definition) is 5. The third kappa shape index (κ3) is 5.99. The van der Waals surface area contributed by atoms with Crippen LogP contribution >= 0.6 is 0 Å². The number of carbonyl (C=O) groups is 2. The Morgan fingerprint density at radius 2 is 1.78 bits per heavy atom. The van der Waals surface area contributed by atoms with Crippen molar-refractivity contribution in [3.63, 3.8) is 0 Å². The Labute approximate surface area is 135 Å². The molecule has 7 nitrogen and oxygen atoms in total. The summed E-state index contributed by atoms with van der Waals surface area (Å²) in [4.78, 5) is 22.6. The minimum absolute atomic E-state index is 0.255. The van der Waals surface area contributed by atoms with Crippen LogP contribution in [0.3, 0.4) is 0 Å². The van der Waals surface area contributed by atoms with Crippen molar-refractivity contribution in [1.29, 1.82) is 0 Å². The van der Waals surface area contributed by atoms with Crippen LogP contribution in [0.15, 0.2) is 24.3 Å². The third-order valence-corrected chi connectivity index (χ3v) is 4.39. The number of carboxylic acid groups (broad SMARTS) is 1. The normalized spacial score (nSPS) is 12.9. The molecule has 8 heteroatoms. The third-order valence-electron chi connectivity index (χ3n) is 3.06. The predicted molar refractivity (Wildman–Crippen MR) is 84.4 cm³/mol. The summed E-state index contributed by atoms with van der Waals surface area (Å²) in [5.74, 6) is -2.45. The average molecular weight is 343 g/mol. The number of hydrogen-bond donors (Lipinski definition) is 2. The number of ether oxygens (including phenoxy) is 1. The first-order chi connectivity index (χ1) is 10.7. The van der Waals surface area contributed by atoms with Gasteiger partial charge in [0.1, 0.15) is 6.04 Å². The maximum Gasteiger partial charge on any atom is 0.338 e. The van der Waals surface area contributed by atoms with Gasteiger partial charge < -0.3 is 9.84 Å². The summed E-state index contributed by atoms with van der Waals surface area (Å²) in [5, 5.41) is 9.04. The van der Waals surface area contributed by atoms with Gasteiger partial charge in [-0.05, 0) is 30.5 Å². The van der Waals surface area contributed by atoms with Crippen molar-refractivity contribution in [2.75, 3.05) is 6.61 Å². The molecule has 0 amide bonds. The molecule has 0 aliphatic carbocycles. The van der Waals surface area contributed by atoms with E-state index in [0.717, 1.165) is 0 Å². The smallest absolute Gasteiger partial charge is 0.338 e. The largest absolute Gasteiger partial charge is 0.480 e. The Kier molecular flexibility index (Phi) is 6.71. The van der Waals surface area contributed by atoms with Crippen molar-refractivity contribution in [1.82, 2.24) is 4.72 Å². The summed E-state index contributed by atoms with van der Waals surface area (Å²) < 4.78 is 31.2. The lowest BCUT2D eigenvalue weighted by Crippen LogP contribution is -2.44. The van der Waals surface area contributed by atoms with Crippen LogP contribution in [0.5, 0.6) is 0 Å². The maximum atomic E-state index is 12.1. The van der Waals surface area contributed by atoms with Crippen LogP contribution < -0.4 is 4.72 Å². The van der Waals surface area contributed by atoms with Gasteiger partial charge in [0.15, 0.2) is 0 Å². The predicted octanol–water partition coefficient (Wildman–Crippen LogP) is 1.39. The Morgan fingerprint density at radius 3 is 2.22 bits per heavy atom. The molecule has 0 aliphatic heterocycles. The lowest BCUT2D eigenvalue weighted by molar-refractivity contribution is -0.140. The molecule has 1 atom stereocenters. The van der Waals surface area contributed by atoms with E-state index in [9.17, 15) is 18.0 Å². The molecule has 0 heterocycles. The molecule has 0 radical (unpaired) electrons. The zero-order valence-electron chi connectivity index (χ0n) is 13.3. The van der Waals surface area contributed by atoms with Crippen molar-refractivity contribution in [3.05, 3.63) is 35.4 Å². The molecule has 0 aliphatic rings. The number of benzene rings is 1. The Balaban J connectivity index is 2.81. The zero-order chi connectivity index (χ0) is 17.6. The minimum atomic E-state index is -3.81. The second-order valence-corrected chi connectivity index (χ2v) is 7.11. The lowest BCUT2D eigenvalue weighted by Gasteiger charge is -2.18. The molecule has 2 N–H and O–H groups in total. The van der Waals surface area contributed by atoms with E-state index in [-0.39, 0.29) is 18.3 Å². The fourth-order valence-corrected chi connectivity index (χ4v) is 3.35. The molecule has 0 saturated carbocycles. The van der Waals surface area contributed by atoms with E-state index in [4.69, 9.17) is 9.84 Å². The van der Waals surface area contributed by atoms with Gasteiger partial charge in [-0.1, -0.05) is 26.0 Å². The molecule has 0 aromatic heterocycles. The van der Waals surface area contributed by atoms with Crippen LogP contribution in [0.4, 0.5) is 0 Å². The second-order valence-electron chi connectivity index (χ2n) is 5.35. The quantitative estimate of drug-likeness (QED) is 0.690. The SMILES string of the molecule is CCOC(=O)c1ccc(CS(=O)(=O)N[C@H](C(=O)O)C(C)C)cc1. The van der Waals surface area contributed by atoms with Gasteiger partial charge in [-0.2, -0.15) is 0 Å². The van der Waals surface area contributed by atoms with Crippen molar-refractivity contribution in [2.24, 2.45) is 5.92 Å². The molecule has 1 aromatic rings. The number of nitrogens with one attached hydrogen (secondary N) is 1. The summed E-state index contributed by atoms with van der Waals surface area (Å²) in [7, 11) is -3.81. The highest BCUT2D eigenvalue weighted by molar-refractivity contribution is 7.88. The summed E-state index contributed by atoms with van der Waals surface area (Å²) >= 11 is 0. The zero-order valence-corrected chi connectivity index (χ0v) is 14.1. The van der Waals surface area contributed by atoms with Crippen molar-refractivity contribution in [2.45, 2.75) is 32.6 Å². The number of carbonyl (C=O) groups excluding carboxylic acids is 1. The number of sulfonamides is 1. The highest BCUT2D eigenvalue weighted by Gasteiger charge is 2.27. The van der Waals surface area contributed by atoms with Gasteiger partial charge in [0, 0.05) is 0 Å². The van der Waals surface area contributed by atoms with Crippen LogP contribution in [0.1, 0.15) is 36.7 Å².